The van der Waals surface area contributed by atoms with Crippen LogP contribution in [0.1, 0.15) is 21.5 Å². The summed E-state index contributed by atoms with van der Waals surface area (Å²) in [5.41, 5.74) is 3.17. The van der Waals surface area contributed by atoms with Gasteiger partial charge in [-0.25, -0.2) is 0 Å². The number of fused-ring (bicyclic) bond motifs is 1. The Morgan fingerprint density at radius 3 is 2.62 bits per heavy atom. The van der Waals surface area contributed by atoms with Crippen LogP contribution in [0.4, 0.5) is 18.9 Å². The normalized spacial score (nSPS) is 11.6. The van der Waals surface area contributed by atoms with Crippen molar-refractivity contribution in [2.45, 2.75) is 13.1 Å². The number of aromatic nitrogens is 2. The van der Waals surface area contributed by atoms with Gasteiger partial charge in [0.15, 0.2) is 0 Å². The number of benzene rings is 3. The van der Waals surface area contributed by atoms with Crippen molar-refractivity contribution in [1.82, 2.24) is 10.2 Å². The van der Waals surface area contributed by atoms with E-state index in [-0.39, 0.29) is 5.56 Å². The van der Waals surface area contributed by atoms with E-state index in [1.54, 1.807) is 18.3 Å². The molecule has 0 atom stereocenters. The number of amides is 1. The Hall–Kier alpha value is -3.61. The lowest BCUT2D eigenvalue weighted by atomic mass is 9.98. The minimum absolute atomic E-state index is 0.0523. The van der Waals surface area contributed by atoms with Gasteiger partial charge in [0.05, 0.1) is 17.3 Å². The Morgan fingerprint density at radius 1 is 1.03 bits per heavy atom. The molecule has 29 heavy (non-hydrogen) atoms. The summed E-state index contributed by atoms with van der Waals surface area (Å²) in [6.45, 7) is 1.86. The second-order valence-electron chi connectivity index (χ2n) is 6.68. The molecule has 0 unspecified atom stereocenters. The second-order valence-corrected chi connectivity index (χ2v) is 6.68. The summed E-state index contributed by atoms with van der Waals surface area (Å²) in [6.07, 6.45) is -2.77. The maximum absolute atomic E-state index is 12.9. The van der Waals surface area contributed by atoms with Crippen LogP contribution in [0.25, 0.3) is 22.0 Å². The highest BCUT2D eigenvalue weighted by atomic mass is 19.4. The molecule has 146 valence electrons. The minimum atomic E-state index is -4.50. The molecule has 4 aromatic rings. The summed E-state index contributed by atoms with van der Waals surface area (Å²) < 4.78 is 38.7. The lowest BCUT2D eigenvalue weighted by Crippen LogP contribution is -2.14. The highest BCUT2D eigenvalue weighted by Crippen LogP contribution is 2.32. The summed E-state index contributed by atoms with van der Waals surface area (Å²) in [5.74, 6) is -0.597. The predicted molar refractivity (Wildman–Crippen MR) is 106 cm³/mol. The average Bonchev–Trinajstić information content (AvgIpc) is 3.17. The fraction of sp³-hybridized carbons (Fsp3) is 0.0909. The van der Waals surface area contributed by atoms with E-state index < -0.39 is 17.6 Å². The molecule has 1 amide bonds. The molecule has 2 N–H and O–H groups in total. The van der Waals surface area contributed by atoms with Gasteiger partial charge in [0.2, 0.25) is 0 Å². The molecule has 0 bridgehead atoms. The smallest absolute Gasteiger partial charge is 0.322 e. The van der Waals surface area contributed by atoms with E-state index in [1.807, 2.05) is 31.2 Å². The summed E-state index contributed by atoms with van der Waals surface area (Å²) in [7, 11) is 0. The summed E-state index contributed by atoms with van der Waals surface area (Å²) in [4.78, 5) is 12.5. The van der Waals surface area contributed by atoms with Gasteiger partial charge >= 0.3 is 6.18 Å². The van der Waals surface area contributed by atoms with Gasteiger partial charge in [0.25, 0.3) is 5.91 Å². The molecule has 3 aromatic carbocycles. The number of anilines is 1. The number of halogens is 3. The molecule has 0 radical (unpaired) electrons. The number of carbonyl (C=O) groups excluding carboxylic acids is 1. The number of hydrogen-bond acceptors (Lipinski definition) is 2. The molecule has 0 aliphatic carbocycles. The maximum Gasteiger partial charge on any atom is 0.416 e. The van der Waals surface area contributed by atoms with Crippen LogP contribution in [-0.4, -0.2) is 16.1 Å². The third-order valence-electron chi connectivity index (χ3n) is 4.79. The SMILES string of the molecule is Cc1c(NC(=O)c2cccc(C(F)(F)F)c2)cccc1-c1ccc2cn[nH]c2c1. The lowest BCUT2D eigenvalue weighted by Gasteiger charge is -2.14. The van der Waals surface area contributed by atoms with Crippen molar-refractivity contribution in [3.8, 4) is 11.1 Å². The molecule has 1 heterocycles. The summed E-state index contributed by atoms with van der Waals surface area (Å²) in [6, 6.07) is 15.7. The van der Waals surface area contributed by atoms with Crippen molar-refractivity contribution < 1.29 is 18.0 Å². The molecule has 0 fully saturated rings. The fourth-order valence-electron chi connectivity index (χ4n) is 3.22. The van der Waals surface area contributed by atoms with Crippen LogP contribution in [0, 0.1) is 6.92 Å². The molecule has 0 aliphatic heterocycles. The first-order chi connectivity index (χ1) is 13.8. The zero-order valence-electron chi connectivity index (χ0n) is 15.3. The Bertz CT molecular complexity index is 1210. The first-order valence-corrected chi connectivity index (χ1v) is 8.84. The number of aromatic amines is 1. The Kier molecular flexibility index (Phi) is 4.58. The van der Waals surface area contributed by atoms with Crippen molar-refractivity contribution in [2.75, 3.05) is 5.32 Å². The zero-order valence-corrected chi connectivity index (χ0v) is 15.3. The van der Waals surface area contributed by atoms with E-state index in [0.29, 0.717) is 5.69 Å². The predicted octanol–water partition coefficient (Wildman–Crippen LogP) is 5.81. The van der Waals surface area contributed by atoms with Gasteiger partial charge in [-0.3, -0.25) is 9.89 Å². The molecule has 7 heteroatoms. The molecule has 4 nitrogen and oxygen atoms in total. The number of alkyl halides is 3. The first-order valence-electron chi connectivity index (χ1n) is 8.84. The monoisotopic (exact) mass is 395 g/mol. The minimum Gasteiger partial charge on any atom is -0.322 e. The van der Waals surface area contributed by atoms with Crippen LogP contribution in [0.3, 0.4) is 0 Å². The quantitative estimate of drug-likeness (QED) is 0.460. The average molecular weight is 395 g/mol. The molecular formula is C22H16F3N3O. The van der Waals surface area contributed by atoms with Gasteiger partial charge < -0.3 is 5.32 Å². The van der Waals surface area contributed by atoms with Crippen molar-refractivity contribution >= 4 is 22.5 Å². The Labute approximate surface area is 164 Å². The number of rotatable bonds is 3. The van der Waals surface area contributed by atoms with Crippen LogP contribution in [0.15, 0.2) is 66.9 Å². The van der Waals surface area contributed by atoms with Crippen LogP contribution in [0.2, 0.25) is 0 Å². The van der Waals surface area contributed by atoms with Gasteiger partial charge in [-0.15, -0.1) is 0 Å². The number of nitrogens with one attached hydrogen (secondary N) is 2. The second kappa shape index (κ2) is 7.09. The van der Waals surface area contributed by atoms with Crippen LogP contribution < -0.4 is 5.32 Å². The van der Waals surface area contributed by atoms with Crippen molar-refractivity contribution in [1.29, 1.82) is 0 Å². The standard InChI is InChI=1S/C22H16F3N3O/c1-13-18(14-8-9-16-12-26-28-20(16)11-14)6-3-7-19(13)27-21(29)15-4-2-5-17(10-15)22(23,24)25/h2-12H,1H3,(H,26,28)(H,27,29). The van der Waals surface area contributed by atoms with Crippen molar-refractivity contribution in [2.24, 2.45) is 0 Å². The number of nitrogens with zero attached hydrogens (tertiary/aromatic N) is 1. The van der Waals surface area contributed by atoms with E-state index in [9.17, 15) is 18.0 Å². The lowest BCUT2D eigenvalue weighted by molar-refractivity contribution is -0.137. The van der Waals surface area contributed by atoms with Gasteiger partial charge in [0.1, 0.15) is 0 Å². The molecule has 0 aliphatic rings. The first kappa shape index (κ1) is 18.7. The molecule has 0 saturated heterocycles. The van der Waals surface area contributed by atoms with Crippen molar-refractivity contribution in [3.63, 3.8) is 0 Å². The fourth-order valence-corrected chi connectivity index (χ4v) is 3.22. The van der Waals surface area contributed by atoms with Gasteiger partial charge in [-0.2, -0.15) is 18.3 Å². The largest absolute Gasteiger partial charge is 0.416 e. The number of carbonyl (C=O) groups is 1. The van der Waals surface area contributed by atoms with Gasteiger partial charge in [0, 0.05) is 16.6 Å². The van der Waals surface area contributed by atoms with E-state index in [4.69, 9.17) is 0 Å². The van der Waals surface area contributed by atoms with Gasteiger partial charge in [-0.1, -0.05) is 30.3 Å². The molecule has 0 saturated carbocycles. The summed E-state index contributed by atoms with van der Waals surface area (Å²) >= 11 is 0. The van der Waals surface area contributed by atoms with E-state index in [0.717, 1.165) is 39.7 Å². The third kappa shape index (κ3) is 3.71. The highest BCUT2D eigenvalue weighted by Gasteiger charge is 2.30. The topological polar surface area (TPSA) is 57.8 Å². The molecule has 0 spiro atoms. The molecule has 4 rings (SSSR count). The Balaban J connectivity index is 1.65. The molecule has 1 aromatic heterocycles. The van der Waals surface area contributed by atoms with E-state index >= 15 is 0 Å². The maximum atomic E-state index is 12.9. The van der Waals surface area contributed by atoms with Gasteiger partial charge in [-0.05, 0) is 53.9 Å². The third-order valence-corrected chi connectivity index (χ3v) is 4.79. The molecular weight excluding hydrogens is 379 g/mol. The number of H-pyrrole nitrogens is 1. The van der Waals surface area contributed by atoms with Crippen molar-refractivity contribution in [3.05, 3.63) is 83.6 Å². The summed E-state index contributed by atoms with van der Waals surface area (Å²) in [5, 5.41) is 10.6. The van der Waals surface area contributed by atoms with E-state index in [1.165, 1.54) is 12.1 Å². The zero-order chi connectivity index (χ0) is 20.6. The van der Waals surface area contributed by atoms with Crippen LogP contribution in [0.5, 0.6) is 0 Å². The van der Waals surface area contributed by atoms with E-state index in [2.05, 4.69) is 15.5 Å². The Morgan fingerprint density at radius 2 is 1.83 bits per heavy atom. The van der Waals surface area contributed by atoms with Crippen LogP contribution in [-0.2, 0) is 6.18 Å². The number of hydrogen-bond donors (Lipinski definition) is 2. The highest BCUT2D eigenvalue weighted by molar-refractivity contribution is 6.05. The van der Waals surface area contributed by atoms with Crippen LogP contribution >= 0.6 is 0 Å².